The van der Waals surface area contributed by atoms with Crippen molar-refractivity contribution < 1.29 is 0 Å². The van der Waals surface area contributed by atoms with E-state index in [1.165, 1.54) is 29.2 Å². The minimum absolute atomic E-state index is 0.324. The summed E-state index contributed by atoms with van der Waals surface area (Å²) in [4.78, 5) is 17.4. The summed E-state index contributed by atoms with van der Waals surface area (Å²) in [6, 6.07) is 11.4. The first kappa shape index (κ1) is 23.7. The van der Waals surface area contributed by atoms with Gasteiger partial charge in [-0.05, 0) is 63.5 Å². The predicted octanol–water partition coefficient (Wildman–Crippen LogP) is 5.10. The minimum atomic E-state index is 0.324. The third-order valence-corrected chi connectivity index (χ3v) is 7.28. The first-order chi connectivity index (χ1) is 16.2. The molecule has 0 saturated carbocycles. The lowest BCUT2D eigenvalue weighted by molar-refractivity contribution is 0.109. The van der Waals surface area contributed by atoms with Crippen LogP contribution in [-0.2, 0) is 0 Å². The van der Waals surface area contributed by atoms with Crippen LogP contribution < -0.4 is 4.90 Å². The molecule has 3 aromatic heterocycles. The first-order valence-electron chi connectivity index (χ1n) is 12.7. The molecule has 33 heavy (non-hydrogen) atoms. The van der Waals surface area contributed by atoms with Crippen LogP contribution in [0.25, 0.3) is 5.65 Å². The fourth-order valence-electron chi connectivity index (χ4n) is 5.39. The van der Waals surface area contributed by atoms with Crippen molar-refractivity contribution in [3.8, 4) is 0 Å². The van der Waals surface area contributed by atoms with Crippen molar-refractivity contribution in [1.82, 2.24) is 24.2 Å². The number of likely N-dealkylation sites (N-methyl/N-ethyl adjacent to an activating group) is 1. The number of anilines is 1. The van der Waals surface area contributed by atoms with Gasteiger partial charge in [-0.1, -0.05) is 32.9 Å². The molecule has 3 aromatic rings. The van der Waals surface area contributed by atoms with E-state index in [2.05, 4.69) is 70.5 Å². The molecule has 0 N–H and O–H groups in total. The summed E-state index contributed by atoms with van der Waals surface area (Å²) in [6.45, 7) is 14.0. The number of aromatic nitrogens is 3. The molecular weight excluding hydrogens is 408 g/mol. The highest BCUT2D eigenvalue weighted by atomic mass is 15.3. The number of piperidine rings is 1. The zero-order chi connectivity index (χ0) is 23.4. The van der Waals surface area contributed by atoms with E-state index in [9.17, 15) is 0 Å². The number of rotatable bonds is 4. The third kappa shape index (κ3) is 4.78. The zero-order valence-electron chi connectivity index (χ0n) is 21.0. The molecule has 2 unspecified atom stereocenters. The van der Waals surface area contributed by atoms with Gasteiger partial charge in [-0.15, -0.1) is 0 Å². The molecule has 0 amide bonds. The molecule has 2 saturated heterocycles. The molecule has 6 heteroatoms. The number of fused-ring (bicyclic) bond motifs is 1. The Bertz CT molecular complexity index is 1040. The van der Waals surface area contributed by atoms with Gasteiger partial charge in [-0.2, -0.15) is 0 Å². The lowest BCUT2D eigenvalue weighted by Gasteiger charge is -2.39. The summed E-state index contributed by atoms with van der Waals surface area (Å²) in [5.41, 5.74) is 4.73. The largest absolute Gasteiger partial charge is 0.355 e. The average Bonchev–Trinajstić information content (AvgIpc) is 3.30. The number of hydrogen-bond acceptors (Lipinski definition) is 5. The second-order valence-corrected chi connectivity index (χ2v) is 9.03. The number of aryl methyl sites for hydroxylation is 1. The molecule has 2 fully saturated rings. The fraction of sp³-hybridized carbons (Fsp3) is 0.556. The minimum Gasteiger partial charge on any atom is -0.355 e. The van der Waals surface area contributed by atoms with Crippen LogP contribution >= 0.6 is 0 Å². The van der Waals surface area contributed by atoms with E-state index in [0.29, 0.717) is 12.1 Å². The molecule has 0 aromatic carbocycles. The molecule has 0 aliphatic carbocycles. The van der Waals surface area contributed by atoms with Crippen LogP contribution in [0.4, 0.5) is 5.82 Å². The number of piperazine rings is 1. The van der Waals surface area contributed by atoms with E-state index in [4.69, 9.17) is 9.97 Å². The average molecular weight is 449 g/mol. The SMILES string of the molecule is CC.CCN1CCN(c2cccc3nc(C4CCCC(c5ncccc5C)N4C)cn23)CC1. The van der Waals surface area contributed by atoms with Gasteiger partial charge >= 0.3 is 0 Å². The summed E-state index contributed by atoms with van der Waals surface area (Å²) < 4.78 is 2.31. The van der Waals surface area contributed by atoms with Crippen LogP contribution in [-0.4, -0.2) is 63.9 Å². The van der Waals surface area contributed by atoms with Gasteiger partial charge in [0.25, 0.3) is 0 Å². The van der Waals surface area contributed by atoms with Gasteiger partial charge in [0.15, 0.2) is 0 Å². The highest BCUT2D eigenvalue weighted by molar-refractivity contribution is 5.53. The molecule has 5 rings (SSSR count). The van der Waals surface area contributed by atoms with Crippen LogP contribution in [0.3, 0.4) is 0 Å². The molecule has 5 heterocycles. The highest BCUT2D eigenvalue weighted by Gasteiger charge is 2.32. The molecule has 0 bridgehead atoms. The Morgan fingerprint density at radius 2 is 1.73 bits per heavy atom. The van der Waals surface area contributed by atoms with Crippen LogP contribution in [0.15, 0.2) is 42.7 Å². The number of pyridine rings is 2. The zero-order valence-corrected chi connectivity index (χ0v) is 21.0. The van der Waals surface area contributed by atoms with Crippen molar-refractivity contribution in [2.24, 2.45) is 0 Å². The molecule has 6 nitrogen and oxygen atoms in total. The Balaban J connectivity index is 0.00000126. The maximum absolute atomic E-state index is 5.09. The van der Waals surface area contributed by atoms with E-state index in [0.717, 1.165) is 51.2 Å². The Hall–Kier alpha value is -2.44. The lowest BCUT2D eigenvalue weighted by Crippen LogP contribution is -2.46. The van der Waals surface area contributed by atoms with Gasteiger partial charge in [-0.3, -0.25) is 14.3 Å². The van der Waals surface area contributed by atoms with Crippen molar-refractivity contribution in [3.05, 3.63) is 59.7 Å². The highest BCUT2D eigenvalue weighted by Crippen LogP contribution is 2.40. The number of imidazole rings is 1. The fourth-order valence-corrected chi connectivity index (χ4v) is 5.39. The number of hydrogen-bond donors (Lipinski definition) is 0. The first-order valence-corrected chi connectivity index (χ1v) is 12.7. The molecule has 2 aliphatic rings. The van der Waals surface area contributed by atoms with Crippen molar-refractivity contribution in [3.63, 3.8) is 0 Å². The lowest BCUT2D eigenvalue weighted by atomic mass is 9.91. The number of likely N-dealkylation sites (tertiary alicyclic amines) is 1. The number of nitrogens with zero attached hydrogens (tertiary/aromatic N) is 6. The topological polar surface area (TPSA) is 39.9 Å². The van der Waals surface area contributed by atoms with Crippen LogP contribution in [0, 0.1) is 6.92 Å². The normalized spacial score (nSPS) is 22.3. The van der Waals surface area contributed by atoms with E-state index in [1.54, 1.807) is 0 Å². The molecule has 2 atom stereocenters. The van der Waals surface area contributed by atoms with Crippen molar-refractivity contribution in [1.29, 1.82) is 0 Å². The van der Waals surface area contributed by atoms with E-state index in [1.807, 2.05) is 26.1 Å². The van der Waals surface area contributed by atoms with E-state index < -0.39 is 0 Å². The van der Waals surface area contributed by atoms with Crippen LogP contribution in [0.1, 0.15) is 69.1 Å². The van der Waals surface area contributed by atoms with Gasteiger partial charge in [0.2, 0.25) is 0 Å². The maximum Gasteiger partial charge on any atom is 0.138 e. The van der Waals surface area contributed by atoms with Gasteiger partial charge in [0, 0.05) is 38.6 Å². The second-order valence-electron chi connectivity index (χ2n) is 9.03. The molecule has 0 spiro atoms. The molecular formula is C27H40N6. The van der Waals surface area contributed by atoms with Crippen LogP contribution in [0.5, 0.6) is 0 Å². The Labute approximate surface area is 199 Å². The quantitative estimate of drug-likeness (QED) is 0.555. The summed E-state index contributed by atoms with van der Waals surface area (Å²) in [5, 5.41) is 0. The second kappa shape index (κ2) is 10.7. The van der Waals surface area contributed by atoms with Gasteiger partial charge in [0.1, 0.15) is 11.5 Å². The van der Waals surface area contributed by atoms with Gasteiger partial charge in [0.05, 0.1) is 23.5 Å². The summed E-state index contributed by atoms with van der Waals surface area (Å²) in [5.74, 6) is 1.27. The van der Waals surface area contributed by atoms with Gasteiger partial charge < -0.3 is 9.80 Å². The Morgan fingerprint density at radius 3 is 2.45 bits per heavy atom. The third-order valence-electron chi connectivity index (χ3n) is 7.28. The summed E-state index contributed by atoms with van der Waals surface area (Å²) in [6.07, 6.45) is 7.72. The monoisotopic (exact) mass is 448 g/mol. The van der Waals surface area contributed by atoms with Gasteiger partial charge in [-0.25, -0.2) is 4.98 Å². The maximum atomic E-state index is 5.09. The smallest absolute Gasteiger partial charge is 0.138 e. The summed E-state index contributed by atoms with van der Waals surface area (Å²) in [7, 11) is 2.25. The summed E-state index contributed by atoms with van der Waals surface area (Å²) >= 11 is 0. The van der Waals surface area contributed by atoms with E-state index in [-0.39, 0.29) is 0 Å². The van der Waals surface area contributed by atoms with Crippen molar-refractivity contribution in [2.75, 3.05) is 44.7 Å². The predicted molar refractivity (Wildman–Crippen MR) is 137 cm³/mol. The molecule has 0 radical (unpaired) electrons. The standard InChI is InChI=1S/C25H34N6.C2H6/c1-4-29-14-16-30(17-15-29)24-12-6-11-23-27-20(18-31(23)24)21-9-5-10-22(28(21)3)25-19(2)8-7-13-26-25;1-2/h6-8,11-13,18,21-22H,4-5,9-10,14-17H2,1-3H3;1-2H3. The van der Waals surface area contributed by atoms with Crippen molar-refractivity contribution >= 4 is 11.5 Å². The Morgan fingerprint density at radius 1 is 0.970 bits per heavy atom. The van der Waals surface area contributed by atoms with Crippen molar-refractivity contribution in [2.45, 2.75) is 59.0 Å². The van der Waals surface area contributed by atoms with Crippen LogP contribution in [0.2, 0.25) is 0 Å². The Kier molecular flexibility index (Phi) is 7.66. The molecule has 178 valence electrons. The van der Waals surface area contributed by atoms with E-state index >= 15 is 0 Å². The molecule has 2 aliphatic heterocycles.